The first-order valence-corrected chi connectivity index (χ1v) is 12.9. The third-order valence-electron chi connectivity index (χ3n) is 7.40. The summed E-state index contributed by atoms with van der Waals surface area (Å²) in [6, 6.07) is 46.5. The van der Waals surface area contributed by atoms with Gasteiger partial charge in [0.2, 0.25) is 0 Å². The molecule has 0 unspecified atom stereocenters. The molecule has 0 aliphatic carbocycles. The van der Waals surface area contributed by atoms with Crippen LogP contribution in [0.1, 0.15) is 5.56 Å². The zero-order valence-electron chi connectivity index (χ0n) is 21.0. The molecule has 7 aromatic rings. The summed E-state index contributed by atoms with van der Waals surface area (Å²) in [6.45, 7) is 0. The van der Waals surface area contributed by atoms with Gasteiger partial charge in [0.25, 0.3) is 5.56 Å². The van der Waals surface area contributed by atoms with Crippen LogP contribution in [-0.4, -0.2) is 4.40 Å². The van der Waals surface area contributed by atoms with Gasteiger partial charge in [-0.15, -0.1) is 0 Å². The van der Waals surface area contributed by atoms with E-state index in [-0.39, 0.29) is 5.56 Å². The van der Waals surface area contributed by atoms with Gasteiger partial charge in [0.1, 0.15) is 0 Å². The minimum atomic E-state index is -0.106. The fraction of sp³-hybridized carbons (Fsp3) is 0. The highest BCUT2D eigenvalue weighted by Crippen LogP contribution is 2.43. The van der Waals surface area contributed by atoms with Gasteiger partial charge in [-0.2, -0.15) is 5.26 Å². The number of pyridine rings is 2. The zero-order chi connectivity index (χ0) is 26.3. The maximum absolute atomic E-state index is 14.6. The minimum Gasteiger partial charge on any atom is -0.274 e. The molecule has 0 aliphatic heterocycles. The van der Waals surface area contributed by atoms with E-state index in [0.29, 0.717) is 10.9 Å². The van der Waals surface area contributed by atoms with E-state index in [0.717, 1.165) is 55.2 Å². The van der Waals surface area contributed by atoms with Gasteiger partial charge < -0.3 is 0 Å². The highest BCUT2D eigenvalue weighted by atomic mass is 16.1. The van der Waals surface area contributed by atoms with Crippen LogP contribution in [0, 0.1) is 11.3 Å². The molecule has 3 nitrogen and oxygen atoms in total. The average molecular weight is 499 g/mol. The van der Waals surface area contributed by atoms with Gasteiger partial charge in [-0.05, 0) is 45.7 Å². The molecule has 0 saturated carbocycles. The van der Waals surface area contributed by atoms with Gasteiger partial charge in [-0.1, -0.05) is 115 Å². The first-order chi connectivity index (χ1) is 19.3. The largest absolute Gasteiger partial charge is 0.274 e. The van der Waals surface area contributed by atoms with Crippen molar-refractivity contribution in [2.75, 3.05) is 0 Å². The molecule has 182 valence electrons. The van der Waals surface area contributed by atoms with Gasteiger partial charge >= 0.3 is 0 Å². The molecule has 3 heteroatoms. The van der Waals surface area contributed by atoms with Gasteiger partial charge in [-0.25, -0.2) is 0 Å². The average Bonchev–Trinajstić information content (AvgIpc) is 3.01. The second kappa shape index (κ2) is 9.13. The van der Waals surface area contributed by atoms with E-state index >= 15 is 0 Å². The number of nitrogens with zero attached hydrogens (tertiary/aromatic N) is 2. The molecular weight excluding hydrogens is 476 g/mol. The summed E-state index contributed by atoms with van der Waals surface area (Å²) in [5.41, 5.74) is 7.06. The zero-order valence-corrected chi connectivity index (χ0v) is 21.0. The van der Waals surface area contributed by atoms with E-state index in [2.05, 4.69) is 60.7 Å². The van der Waals surface area contributed by atoms with Crippen molar-refractivity contribution in [2.45, 2.75) is 0 Å². The Hall–Kier alpha value is -5.46. The van der Waals surface area contributed by atoms with Crippen molar-refractivity contribution >= 4 is 27.1 Å². The Balaban J connectivity index is 1.86. The van der Waals surface area contributed by atoms with Gasteiger partial charge in [0.05, 0.1) is 22.8 Å². The van der Waals surface area contributed by atoms with Crippen molar-refractivity contribution in [3.63, 3.8) is 0 Å². The molecule has 0 radical (unpaired) electrons. The standard InChI is InChI=1S/C36H22N2O/c37-23-24-20-21-30-31(22-24)33(26-14-6-2-7-15-26)35-29-19-11-10-18-28(29)32(25-12-4-1-5-13-25)34(38(35)36(30)39)27-16-8-3-9-17-27/h1-22H. The van der Waals surface area contributed by atoms with Crippen molar-refractivity contribution in [1.82, 2.24) is 4.40 Å². The molecule has 0 spiro atoms. The Morgan fingerprint density at radius 2 is 1.05 bits per heavy atom. The number of hydrogen-bond donors (Lipinski definition) is 0. The van der Waals surface area contributed by atoms with Crippen LogP contribution < -0.4 is 5.56 Å². The van der Waals surface area contributed by atoms with Crippen LogP contribution in [0.2, 0.25) is 0 Å². The van der Waals surface area contributed by atoms with Crippen molar-refractivity contribution < 1.29 is 0 Å². The van der Waals surface area contributed by atoms with Gasteiger partial charge in [-0.3, -0.25) is 9.20 Å². The Bertz CT molecular complexity index is 2120. The number of benzene rings is 5. The number of hydrogen-bond acceptors (Lipinski definition) is 2. The Morgan fingerprint density at radius 3 is 1.67 bits per heavy atom. The van der Waals surface area contributed by atoms with Crippen molar-refractivity contribution in [3.8, 4) is 39.6 Å². The Kier molecular flexibility index (Phi) is 5.32. The number of aromatic nitrogens is 1. The van der Waals surface area contributed by atoms with Crippen LogP contribution >= 0.6 is 0 Å². The third-order valence-corrected chi connectivity index (χ3v) is 7.40. The molecule has 2 aromatic heterocycles. The van der Waals surface area contributed by atoms with Crippen LogP contribution in [0.5, 0.6) is 0 Å². The van der Waals surface area contributed by atoms with Crippen molar-refractivity contribution in [3.05, 3.63) is 149 Å². The van der Waals surface area contributed by atoms with E-state index in [1.54, 1.807) is 12.1 Å². The monoisotopic (exact) mass is 498 g/mol. The first kappa shape index (κ1) is 22.7. The van der Waals surface area contributed by atoms with E-state index in [1.165, 1.54) is 0 Å². The summed E-state index contributed by atoms with van der Waals surface area (Å²) >= 11 is 0. The van der Waals surface area contributed by atoms with Gasteiger partial charge in [0.15, 0.2) is 0 Å². The fourth-order valence-electron chi connectivity index (χ4n) is 5.75. The fourth-order valence-corrected chi connectivity index (χ4v) is 5.75. The quantitative estimate of drug-likeness (QED) is 0.181. The van der Waals surface area contributed by atoms with Crippen molar-refractivity contribution in [1.29, 1.82) is 5.26 Å². The number of rotatable bonds is 3. The predicted molar refractivity (Wildman–Crippen MR) is 160 cm³/mol. The lowest BCUT2D eigenvalue weighted by Crippen LogP contribution is -2.18. The molecule has 0 fully saturated rings. The normalized spacial score (nSPS) is 11.2. The number of nitriles is 1. The molecule has 7 rings (SSSR count). The maximum Gasteiger partial charge on any atom is 0.263 e. The highest BCUT2D eigenvalue weighted by Gasteiger charge is 2.23. The van der Waals surface area contributed by atoms with Crippen LogP contribution in [0.25, 0.3) is 60.6 Å². The lowest BCUT2D eigenvalue weighted by atomic mass is 9.89. The summed E-state index contributed by atoms with van der Waals surface area (Å²) in [4.78, 5) is 14.6. The topological polar surface area (TPSA) is 45.3 Å². The SMILES string of the molecule is N#Cc1ccc2c(=O)n3c(-c4ccccc4)c(-c4ccccc4)c4ccccc4c3c(-c3ccccc3)c2c1. The molecule has 0 atom stereocenters. The van der Waals surface area contributed by atoms with Crippen LogP contribution in [0.15, 0.2) is 138 Å². The Labute approximate surface area is 225 Å². The first-order valence-electron chi connectivity index (χ1n) is 12.9. The number of fused-ring (bicyclic) bond motifs is 4. The van der Waals surface area contributed by atoms with E-state index in [9.17, 15) is 10.1 Å². The summed E-state index contributed by atoms with van der Waals surface area (Å²) in [7, 11) is 0. The highest BCUT2D eigenvalue weighted by molar-refractivity contribution is 6.17. The Morgan fingerprint density at radius 1 is 0.513 bits per heavy atom. The second-order valence-electron chi connectivity index (χ2n) is 9.60. The predicted octanol–water partition coefficient (Wildman–Crippen LogP) is 8.48. The van der Waals surface area contributed by atoms with Crippen molar-refractivity contribution in [2.24, 2.45) is 0 Å². The summed E-state index contributed by atoms with van der Waals surface area (Å²) in [5.74, 6) is 0. The van der Waals surface area contributed by atoms with E-state index in [4.69, 9.17) is 0 Å². The molecule has 0 bridgehead atoms. The maximum atomic E-state index is 14.6. The third kappa shape index (κ3) is 3.54. The summed E-state index contributed by atoms with van der Waals surface area (Å²) in [6.07, 6.45) is 0. The van der Waals surface area contributed by atoms with Crippen LogP contribution in [-0.2, 0) is 0 Å². The van der Waals surface area contributed by atoms with E-state index in [1.807, 2.05) is 71.1 Å². The minimum absolute atomic E-state index is 0.106. The molecule has 2 heterocycles. The van der Waals surface area contributed by atoms with Crippen LogP contribution in [0.4, 0.5) is 0 Å². The summed E-state index contributed by atoms with van der Waals surface area (Å²) < 4.78 is 1.90. The molecule has 0 amide bonds. The molecule has 39 heavy (non-hydrogen) atoms. The summed E-state index contributed by atoms with van der Waals surface area (Å²) in [5, 5.41) is 13.1. The molecule has 0 aliphatic rings. The second-order valence-corrected chi connectivity index (χ2v) is 9.60. The molecular formula is C36H22N2O. The lowest BCUT2D eigenvalue weighted by molar-refractivity contribution is 1.14. The molecule has 5 aromatic carbocycles. The van der Waals surface area contributed by atoms with Crippen LogP contribution in [0.3, 0.4) is 0 Å². The smallest absolute Gasteiger partial charge is 0.263 e. The van der Waals surface area contributed by atoms with Gasteiger partial charge in [0, 0.05) is 21.9 Å². The lowest BCUT2D eigenvalue weighted by Gasteiger charge is -2.22. The molecule has 0 N–H and O–H groups in total. The molecule has 0 saturated heterocycles. The van der Waals surface area contributed by atoms with E-state index < -0.39 is 0 Å².